The van der Waals surface area contributed by atoms with Gasteiger partial charge in [-0.15, -0.1) is 0 Å². The Labute approximate surface area is 126 Å². The van der Waals surface area contributed by atoms with Crippen LogP contribution >= 0.6 is 0 Å². The van der Waals surface area contributed by atoms with Gasteiger partial charge in [0.15, 0.2) is 18.1 Å². The van der Waals surface area contributed by atoms with Crippen LogP contribution in [0.3, 0.4) is 0 Å². The summed E-state index contributed by atoms with van der Waals surface area (Å²) in [5.41, 5.74) is 0. The van der Waals surface area contributed by atoms with Crippen molar-refractivity contribution in [1.82, 2.24) is 0 Å². The molecule has 9 nitrogen and oxygen atoms in total. The molecular formula is C13H16O9. The molecule has 0 saturated heterocycles. The van der Waals surface area contributed by atoms with Crippen LogP contribution < -0.4 is 0 Å². The normalized spacial score (nSPS) is 20.0. The molecule has 2 atom stereocenters. The summed E-state index contributed by atoms with van der Waals surface area (Å²) in [6.45, 7) is 4.19. The molecule has 22 heavy (non-hydrogen) atoms. The first-order valence-electron chi connectivity index (χ1n) is 6.26. The lowest BCUT2D eigenvalue weighted by molar-refractivity contribution is -0.190. The summed E-state index contributed by atoms with van der Waals surface area (Å²) < 4.78 is 24.8. The summed E-state index contributed by atoms with van der Waals surface area (Å²) in [6.07, 6.45) is -2.60. The quantitative estimate of drug-likeness (QED) is 0.517. The minimum absolute atomic E-state index is 0.0806. The van der Waals surface area contributed by atoms with Crippen LogP contribution in [0.25, 0.3) is 0 Å². The van der Waals surface area contributed by atoms with E-state index in [0.717, 1.165) is 20.8 Å². The van der Waals surface area contributed by atoms with Crippen molar-refractivity contribution < 1.29 is 42.9 Å². The standard InChI is InChI=1S/C13H16O9/c1-6(14)18-5-10-11(19-7(2)15)12(20-8(3)16)13(22-10)21-9(4)17/h12-13H,5H2,1-4H3/t12?,13-/m1/s1. The summed E-state index contributed by atoms with van der Waals surface area (Å²) in [5, 5.41) is 0. The van der Waals surface area contributed by atoms with Crippen LogP contribution in [0.15, 0.2) is 11.5 Å². The van der Waals surface area contributed by atoms with E-state index in [9.17, 15) is 19.2 Å². The molecule has 122 valence electrons. The highest BCUT2D eigenvalue weighted by Gasteiger charge is 2.44. The number of hydrogen-bond acceptors (Lipinski definition) is 9. The zero-order valence-electron chi connectivity index (χ0n) is 12.5. The Hall–Kier alpha value is -2.58. The van der Waals surface area contributed by atoms with Crippen LogP contribution in [0.4, 0.5) is 0 Å². The summed E-state index contributed by atoms with van der Waals surface area (Å²) >= 11 is 0. The molecule has 0 amide bonds. The van der Waals surface area contributed by atoms with E-state index in [0.29, 0.717) is 0 Å². The van der Waals surface area contributed by atoms with E-state index in [1.807, 2.05) is 0 Å². The van der Waals surface area contributed by atoms with Gasteiger partial charge < -0.3 is 23.7 Å². The van der Waals surface area contributed by atoms with Crippen LogP contribution in [-0.2, 0) is 42.9 Å². The third kappa shape index (κ3) is 5.08. The average molecular weight is 316 g/mol. The minimum Gasteiger partial charge on any atom is -0.458 e. The predicted molar refractivity (Wildman–Crippen MR) is 67.6 cm³/mol. The van der Waals surface area contributed by atoms with Gasteiger partial charge >= 0.3 is 23.9 Å². The molecule has 0 aliphatic carbocycles. The van der Waals surface area contributed by atoms with Crippen LogP contribution in [0, 0.1) is 0 Å². The Morgan fingerprint density at radius 3 is 1.95 bits per heavy atom. The van der Waals surface area contributed by atoms with E-state index >= 15 is 0 Å². The van der Waals surface area contributed by atoms with Crippen molar-refractivity contribution >= 4 is 23.9 Å². The van der Waals surface area contributed by atoms with Crippen LogP contribution in [0.1, 0.15) is 27.7 Å². The maximum absolute atomic E-state index is 11.2. The number of esters is 4. The molecule has 1 unspecified atom stereocenters. The van der Waals surface area contributed by atoms with Crippen LogP contribution in [0.2, 0.25) is 0 Å². The molecular weight excluding hydrogens is 300 g/mol. The van der Waals surface area contributed by atoms with Gasteiger partial charge in [-0.2, -0.15) is 0 Å². The number of carbonyl (C=O) groups is 4. The first-order valence-corrected chi connectivity index (χ1v) is 6.26. The summed E-state index contributed by atoms with van der Waals surface area (Å²) in [5.74, 6) is -2.97. The largest absolute Gasteiger partial charge is 0.458 e. The lowest BCUT2D eigenvalue weighted by Gasteiger charge is -2.19. The first-order chi connectivity index (χ1) is 10.2. The van der Waals surface area contributed by atoms with Crippen LogP contribution in [-0.4, -0.2) is 42.9 Å². The van der Waals surface area contributed by atoms with E-state index in [2.05, 4.69) is 0 Å². The summed E-state index contributed by atoms with van der Waals surface area (Å²) in [7, 11) is 0. The van der Waals surface area contributed by atoms with Crippen molar-refractivity contribution in [2.75, 3.05) is 6.61 Å². The highest BCUT2D eigenvalue weighted by molar-refractivity contribution is 5.70. The van der Waals surface area contributed by atoms with Gasteiger partial charge in [-0.3, -0.25) is 19.2 Å². The van der Waals surface area contributed by atoms with Crippen molar-refractivity contribution in [3.63, 3.8) is 0 Å². The maximum Gasteiger partial charge on any atom is 0.307 e. The maximum atomic E-state index is 11.2. The van der Waals surface area contributed by atoms with E-state index in [1.165, 1.54) is 6.92 Å². The molecule has 1 aliphatic heterocycles. The second-order valence-corrected chi connectivity index (χ2v) is 4.29. The minimum atomic E-state index is -1.33. The van der Waals surface area contributed by atoms with Crippen molar-refractivity contribution in [3.05, 3.63) is 11.5 Å². The zero-order valence-corrected chi connectivity index (χ0v) is 12.5. The second kappa shape index (κ2) is 7.43. The van der Waals surface area contributed by atoms with Gasteiger partial charge in [-0.1, -0.05) is 0 Å². The van der Waals surface area contributed by atoms with Crippen molar-refractivity contribution in [1.29, 1.82) is 0 Å². The van der Waals surface area contributed by atoms with E-state index in [1.54, 1.807) is 0 Å². The Morgan fingerprint density at radius 2 is 1.50 bits per heavy atom. The van der Waals surface area contributed by atoms with Gasteiger partial charge in [0.1, 0.15) is 0 Å². The molecule has 0 fully saturated rings. The molecule has 0 N–H and O–H groups in total. The summed E-state index contributed by atoms with van der Waals surface area (Å²) in [4.78, 5) is 44.3. The molecule has 0 aromatic carbocycles. The highest BCUT2D eigenvalue weighted by Crippen LogP contribution is 2.30. The van der Waals surface area contributed by atoms with E-state index in [-0.39, 0.29) is 18.1 Å². The lowest BCUT2D eigenvalue weighted by atomic mass is 10.3. The molecule has 1 heterocycles. The SMILES string of the molecule is CC(=O)OCC1=C(OC(C)=O)C(OC(C)=O)[C@H](OC(C)=O)O1. The Morgan fingerprint density at radius 1 is 0.909 bits per heavy atom. The third-order valence-electron chi connectivity index (χ3n) is 2.27. The predicted octanol–water partition coefficient (Wildman–Crippen LogP) is 0.175. The first kappa shape index (κ1) is 17.5. The van der Waals surface area contributed by atoms with Crippen LogP contribution in [0.5, 0.6) is 0 Å². The van der Waals surface area contributed by atoms with Gasteiger partial charge in [-0.25, -0.2) is 0 Å². The fourth-order valence-electron chi connectivity index (χ4n) is 1.62. The average Bonchev–Trinajstić information content (AvgIpc) is 2.63. The Balaban J connectivity index is 3.05. The van der Waals surface area contributed by atoms with Crippen molar-refractivity contribution in [2.45, 2.75) is 40.1 Å². The Bertz CT molecular complexity index is 520. The van der Waals surface area contributed by atoms with E-state index in [4.69, 9.17) is 23.7 Å². The monoisotopic (exact) mass is 316 g/mol. The fraction of sp³-hybridized carbons (Fsp3) is 0.538. The third-order valence-corrected chi connectivity index (χ3v) is 2.27. The molecule has 0 aromatic rings. The van der Waals surface area contributed by atoms with Crippen molar-refractivity contribution in [2.24, 2.45) is 0 Å². The zero-order chi connectivity index (χ0) is 16.9. The van der Waals surface area contributed by atoms with Crippen molar-refractivity contribution in [3.8, 4) is 0 Å². The number of hydrogen-bond donors (Lipinski definition) is 0. The highest BCUT2D eigenvalue weighted by atomic mass is 16.7. The Kier molecular flexibility index (Phi) is 5.90. The molecule has 0 aromatic heterocycles. The number of ether oxygens (including phenoxy) is 5. The smallest absolute Gasteiger partial charge is 0.307 e. The second-order valence-electron chi connectivity index (χ2n) is 4.29. The number of rotatable bonds is 5. The van der Waals surface area contributed by atoms with Gasteiger partial charge in [0, 0.05) is 27.7 Å². The van der Waals surface area contributed by atoms with E-state index < -0.39 is 36.3 Å². The van der Waals surface area contributed by atoms with Gasteiger partial charge in [0.2, 0.25) is 6.10 Å². The van der Waals surface area contributed by atoms with Gasteiger partial charge in [0.25, 0.3) is 6.29 Å². The number of carbonyl (C=O) groups excluding carboxylic acids is 4. The summed E-state index contributed by atoms with van der Waals surface area (Å²) in [6, 6.07) is 0. The molecule has 0 radical (unpaired) electrons. The molecule has 1 aliphatic rings. The molecule has 9 heteroatoms. The molecule has 1 rings (SSSR count). The molecule has 0 saturated carbocycles. The molecule has 0 bridgehead atoms. The molecule has 0 spiro atoms. The van der Waals surface area contributed by atoms with Gasteiger partial charge in [0.05, 0.1) is 0 Å². The topological polar surface area (TPSA) is 114 Å². The van der Waals surface area contributed by atoms with Gasteiger partial charge in [-0.05, 0) is 0 Å². The fourth-order valence-corrected chi connectivity index (χ4v) is 1.62. The lowest BCUT2D eigenvalue weighted by Crippen LogP contribution is -2.33.